The first-order chi connectivity index (χ1) is 9.22. The van der Waals surface area contributed by atoms with Gasteiger partial charge in [0.2, 0.25) is 0 Å². The van der Waals surface area contributed by atoms with Crippen molar-refractivity contribution in [2.45, 2.75) is 27.7 Å². The number of halogens is 2. The van der Waals surface area contributed by atoms with E-state index in [1.807, 2.05) is 52.0 Å². The summed E-state index contributed by atoms with van der Waals surface area (Å²) in [5, 5.41) is 0. The van der Waals surface area contributed by atoms with E-state index in [4.69, 9.17) is 11.5 Å². The van der Waals surface area contributed by atoms with Crippen LogP contribution in [0, 0.1) is 27.7 Å². The molecule has 2 rings (SSSR count). The molecule has 0 fully saturated rings. The lowest BCUT2D eigenvalue weighted by Gasteiger charge is -2.02. The molecule has 0 heterocycles. The maximum atomic E-state index is 5.61. The maximum Gasteiger partial charge on any atom is 0.0320 e. The summed E-state index contributed by atoms with van der Waals surface area (Å²) in [4.78, 5) is 0. The topological polar surface area (TPSA) is 52.0 Å². The highest BCUT2D eigenvalue weighted by molar-refractivity contribution is 9.10. The zero-order valence-electron chi connectivity index (χ0n) is 12.2. The molecule has 0 bridgehead atoms. The Balaban J connectivity index is 0.000000200. The molecule has 0 radical (unpaired) electrons. The fraction of sp³-hybridized carbons (Fsp3) is 0.250. The molecule has 2 aromatic rings. The van der Waals surface area contributed by atoms with Gasteiger partial charge < -0.3 is 11.5 Å². The van der Waals surface area contributed by atoms with Crippen LogP contribution in [0.4, 0.5) is 11.4 Å². The largest absolute Gasteiger partial charge is 0.399 e. The van der Waals surface area contributed by atoms with E-state index in [-0.39, 0.29) is 0 Å². The van der Waals surface area contributed by atoms with Gasteiger partial charge in [0.1, 0.15) is 0 Å². The first kappa shape index (κ1) is 17.1. The molecule has 0 aliphatic carbocycles. The van der Waals surface area contributed by atoms with Gasteiger partial charge in [0.25, 0.3) is 0 Å². The fourth-order valence-corrected chi connectivity index (χ4v) is 2.42. The number of nitrogen functional groups attached to an aromatic ring is 2. The molecule has 108 valence electrons. The maximum absolute atomic E-state index is 5.61. The molecule has 20 heavy (non-hydrogen) atoms. The van der Waals surface area contributed by atoms with E-state index in [1.165, 1.54) is 22.3 Å². The van der Waals surface area contributed by atoms with E-state index in [9.17, 15) is 0 Å². The molecule has 0 aliphatic heterocycles. The van der Waals surface area contributed by atoms with E-state index in [2.05, 4.69) is 31.9 Å². The summed E-state index contributed by atoms with van der Waals surface area (Å²) < 4.78 is 2.31. The van der Waals surface area contributed by atoms with Crippen LogP contribution in [0.15, 0.2) is 33.2 Å². The minimum atomic E-state index is 0.832. The van der Waals surface area contributed by atoms with Gasteiger partial charge in [-0.25, -0.2) is 0 Å². The number of hydrogen-bond acceptors (Lipinski definition) is 2. The number of benzene rings is 2. The Morgan fingerprint density at radius 1 is 0.600 bits per heavy atom. The van der Waals surface area contributed by atoms with Crippen molar-refractivity contribution in [2.24, 2.45) is 0 Å². The third kappa shape index (κ3) is 4.53. The Labute approximate surface area is 137 Å². The van der Waals surface area contributed by atoms with Gasteiger partial charge in [0.05, 0.1) is 0 Å². The van der Waals surface area contributed by atoms with Crippen molar-refractivity contribution < 1.29 is 0 Å². The average Bonchev–Trinajstić information content (AvgIpc) is 2.33. The highest BCUT2D eigenvalue weighted by Crippen LogP contribution is 2.23. The molecule has 2 aromatic carbocycles. The fourth-order valence-electron chi connectivity index (χ4n) is 1.96. The molecule has 0 amide bonds. The zero-order valence-corrected chi connectivity index (χ0v) is 15.4. The van der Waals surface area contributed by atoms with Gasteiger partial charge in [0.15, 0.2) is 0 Å². The Hall–Kier alpha value is -1.00. The Kier molecular flexibility index (Phi) is 6.08. The average molecular weight is 400 g/mol. The van der Waals surface area contributed by atoms with Crippen molar-refractivity contribution in [2.75, 3.05) is 11.5 Å². The summed E-state index contributed by atoms with van der Waals surface area (Å²) in [6.07, 6.45) is 0. The van der Waals surface area contributed by atoms with Gasteiger partial charge >= 0.3 is 0 Å². The standard InChI is InChI=1S/2C8H10BrN/c2*1-5-3-7(10)4-6(2)8(5)9/h2*3-4H,10H2,1-2H3. The van der Waals surface area contributed by atoms with E-state index in [0.29, 0.717) is 0 Å². The number of hydrogen-bond donors (Lipinski definition) is 2. The molecule has 0 unspecified atom stereocenters. The van der Waals surface area contributed by atoms with Crippen LogP contribution in [-0.4, -0.2) is 0 Å². The van der Waals surface area contributed by atoms with E-state index in [0.717, 1.165) is 20.3 Å². The summed E-state index contributed by atoms with van der Waals surface area (Å²) in [6.45, 7) is 8.14. The monoisotopic (exact) mass is 398 g/mol. The van der Waals surface area contributed by atoms with Crippen molar-refractivity contribution in [3.05, 3.63) is 55.5 Å². The first-order valence-corrected chi connectivity index (χ1v) is 7.85. The summed E-state index contributed by atoms with van der Waals surface area (Å²) in [5.74, 6) is 0. The molecule has 0 aliphatic rings. The molecule has 0 saturated carbocycles. The van der Waals surface area contributed by atoms with Gasteiger partial charge in [-0.2, -0.15) is 0 Å². The predicted molar refractivity (Wildman–Crippen MR) is 96.1 cm³/mol. The smallest absolute Gasteiger partial charge is 0.0320 e. The van der Waals surface area contributed by atoms with Crippen LogP contribution in [0.3, 0.4) is 0 Å². The molecule has 4 heteroatoms. The van der Waals surface area contributed by atoms with Gasteiger partial charge in [0, 0.05) is 20.3 Å². The van der Waals surface area contributed by atoms with E-state index < -0.39 is 0 Å². The Morgan fingerprint density at radius 2 is 0.800 bits per heavy atom. The van der Waals surface area contributed by atoms with Crippen LogP contribution >= 0.6 is 31.9 Å². The lowest BCUT2D eigenvalue weighted by Crippen LogP contribution is -1.88. The molecule has 0 spiro atoms. The Bertz CT molecular complexity index is 520. The zero-order chi connectivity index (χ0) is 15.4. The molecular formula is C16H20Br2N2. The van der Waals surface area contributed by atoms with Crippen LogP contribution < -0.4 is 11.5 Å². The third-order valence-electron chi connectivity index (χ3n) is 2.92. The molecular weight excluding hydrogens is 380 g/mol. The van der Waals surface area contributed by atoms with Crippen molar-refractivity contribution >= 4 is 43.2 Å². The molecule has 0 saturated heterocycles. The first-order valence-electron chi connectivity index (χ1n) is 6.26. The minimum absolute atomic E-state index is 0.832. The molecule has 4 N–H and O–H groups in total. The summed E-state index contributed by atoms with van der Waals surface area (Å²) in [7, 11) is 0. The lowest BCUT2D eigenvalue weighted by molar-refractivity contribution is 1.34. The molecule has 0 aromatic heterocycles. The van der Waals surface area contributed by atoms with E-state index in [1.54, 1.807) is 0 Å². The van der Waals surface area contributed by atoms with Gasteiger partial charge in [-0.05, 0) is 74.2 Å². The van der Waals surface area contributed by atoms with Gasteiger partial charge in [-0.1, -0.05) is 31.9 Å². The highest BCUT2D eigenvalue weighted by Gasteiger charge is 1.99. The highest BCUT2D eigenvalue weighted by atomic mass is 79.9. The van der Waals surface area contributed by atoms with Crippen molar-refractivity contribution in [1.29, 1.82) is 0 Å². The normalized spacial score (nSPS) is 9.90. The lowest BCUT2D eigenvalue weighted by atomic mass is 10.1. The van der Waals surface area contributed by atoms with E-state index >= 15 is 0 Å². The number of aryl methyl sites for hydroxylation is 4. The minimum Gasteiger partial charge on any atom is -0.399 e. The van der Waals surface area contributed by atoms with Crippen LogP contribution in [-0.2, 0) is 0 Å². The van der Waals surface area contributed by atoms with Crippen molar-refractivity contribution in [3.8, 4) is 0 Å². The van der Waals surface area contributed by atoms with Crippen LogP contribution in [0.2, 0.25) is 0 Å². The number of nitrogens with two attached hydrogens (primary N) is 2. The van der Waals surface area contributed by atoms with Gasteiger partial charge in [-0.15, -0.1) is 0 Å². The quantitative estimate of drug-likeness (QED) is 0.590. The third-order valence-corrected chi connectivity index (χ3v) is 5.42. The summed E-state index contributed by atoms with van der Waals surface area (Å²) >= 11 is 6.92. The van der Waals surface area contributed by atoms with Crippen molar-refractivity contribution in [1.82, 2.24) is 0 Å². The second-order valence-electron chi connectivity index (χ2n) is 4.94. The van der Waals surface area contributed by atoms with Crippen molar-refractivity contribution in [3.63, 3.8) is 0 Å². The second kappa shape index (κ2) is 7.14. The summed E-state index contributed by atoms with van der Waals surface area (Å²) in [5.41, 5.74) is 17.6. The number of rotatable bonds is 0. The van der Waals surface area contributed by atoms with Gasteiger partial charge in [-0.3, -0.25) is 0 Å². The van der Waals surface area contributed by atoms with Crippen LogP contribution in [0.25, 0.3) is 0 Å². The van der Waals surface area contributed by atoms with Crippen LogP contribution in [0.5, 0.6) is 0 Å². The number of anilines is 2. The predicted octanol–water partition coefficient (Wildman–Crippen LogP) is 5.30. The molecule has 0 atom stereocenters. The summed E-state index contributed by atoms with van der Waals surface area (Å²) in [6, 6.07) is 7.82. The SMILES string of the molecule is Cc1cc(N)cc(C)c1Br.Cc1cc(N)cc(C)c1Br. The molecule has 2 nitrogen and oxygen atoms in total. The van der Waals surface area contributed by atoms with Crippen LogP contribution in [0.1, 0.15) is 22.3 Å². The Morgan fingerprint density at radius 3 is 1.00 bits per heavy atom. The second-order valence-corrected chi connectivity index (χ2v) is 6.52.